The average Bonchev–Trinajstić information content (AvgIpc) is 2.16. The van der Waals surface area contributed by atoms with E-state index in [1.54, 1.807) is 0 Å². The third-order valence-corrected chi connectivity index (χ3v) is 1.96. The molecule has 1 aromatic carbocycles. The summed E-state index contributed by atoms with van der Waals surface area (Å²) < 4.78 is 0. The first kappa shape index (κ1) is 14.4. The molecule has 0 spiro atoms. The molecule has 0 fully saturated rings. The molecule has 0 amide bonds. The molecular formula is C8H7ClNNaO4. The third-order valence-electron chi connectivity index (χ3n) is 1.68. The van der Waals surface area contributed by atoms with Gasteiger partial charge in [0.2, 0.25) is 0 Å². The van der Waals surface area contributed by atoms with Crippen molar-refractivity contribution in [3.63, 3.8) is 0 Å². The summed E-state index contributed by atoms with van der Waals surface area (Å²) in [5, 5.41) is 19.3. The second kappa shape index (κ2) is 6.07. The molecule has 0 aromatic heterocycles. The number of para-hydroxylation sites is 1. The Balaban J connectivity index is 0.00000196. The molecule has 0 aliphatic heterocycles. The number of carboxylic acid groups (broad SMARTS) is 1. The first-order chi connectivity index (χ1) is 6.57. The maximum absolute atomic E-state index is 10.6. The zero-order valence-electron chi connectivity index (χ0n) is 6.94. The molecule has 5 nitrogen and oxygen atoms in total. The number of halogens is 1. The van der Waals surface area contributed by atoms with E-state index in [9.17, 15) is 14.9 Å². The van der Waals surface area contributed by atoms with Crippen LogP contribution in [0, 0.1) is 10.1 Å². The van der Waals surface area contributed by atoms with E-state index in [0.29, 0.717) is 0 Å². The number of alkyl halides is 1. The van der Waals surface area contributed by atoms with Gasteiger partial charge in [-0.25, -0.2) is 4.79 Å². The molecular weight excluding hydrogens is 233 g/mol. The fraction of sp³-hybridized carbons (Fsp3) is 0.125. The van der Waals surface area contributed by atoms with E-state index < -0.39 is 16.6 Å². The van der Waals surface area contributed by atoms with Crippen LogP contribution >= 0.6 is 11.6 Å². The summed E-state index contributed by atoms with van der Waals surface area (Å²) in [6.45, 7) is 0. The predicted molar refractivity (Wildman–Crippen MR) is 56.8 cm³/mol. The number of nitro benzene ring substituents is 1. The van der Waals surface area contributed by atoms with Crippen LogP contribution in [0.3, 0.4) is 0 Å². The standard InChI is InChI=1S/C8H6ClNO4.Na.H/c9-4-5-2-1-3-6(8(11)12)7(5)10(13)14;;/h1-3H,4H2,(H,11,12);;. The van der Waals surface area contributed by atoms with Crippen LogP contribution in [-0.4, -0.2) is 45.6 Å². The molecule has 0 saturated carbocycles. The van der Waals surface area contributed by atoms with Gasteiger partial charge >= 0.3 is 35.5 Å². The average molecular weight is 240 g/mol. The van der Waals surface area contributed by atoms with Crippen LogP contribution in [0.25, 0.3) is 0 Å². The Morgan fingerprint density at radius 3 is 2.53 bits per heavy atom. The second-order valence-corrected chi connectivity index (χ2v) is 2.78. The van der Waals surface area contributed by atoms with Crippen molar-refractivity contribution in [1.29, 1.82) is 0 Å². The van der Waals surface area contributed by atoms with Crippen molar-refractivity contribution in [2.24, 2.45) is 0 Å². The Hall–Kier alpha value is -0.620. The van der Waals surface area contributed by atoms with Gasteiger partial charge in [0.1, 0.15) is 5.56 Å². The van der Waals surface area contributed by atoms with Crippen molar-refractivity contribution in [2.75, 3.05) is 0 Å². The summed E-state index contributed by atoms with van der Waals surface area (Å²) in [5.74, 6) is -1.42. The molecule has 1 aromatic rings. The van der Waals surface area contributed by atoms with Gasteiger partial charge in [-0.15, -0.1) is 11.6 Å². The molecule has 15 heavy (non-hydrogen) atoms. The molecule has 0 saturated heterocycles. The van der Waals surface area contributed by atoms with E-state index in [2.05, 4.69) is 0 Å². The van der Waals surface area contributed by atoms with Crippen molar-refractivity contribution in [1.82, 2.24) is 0 Å². The quantitative estimate of drug-likeness (QED) is 0.374. The fourth-order valence-corrected chi connectivity index (χ4v) is 1.30. The summed E-state index contributed by atoms with van der Waals surface area (Å²) in [6, 6.07) is 4.03. The van der Waals surface area contributed by atoms with Crippen molar-refractivity contribution in [3.05, 3.63) is 39.4 Å². The summed E-state index contributed by atoms with van der Waals surface area (Å²) in [6.07, 6.45) is 0. The van der Waals surface area contributed by atoms with Crippen LogP contribution in [0.5, 0.6) is 0 Å². The van der Waals surface area contributed by atoms with Crippen LogP contribution in [0.4, 0.5) is 5.69 Å². The first-order valence-electron chi connectivity index (χ1n) is 3.63. The minimum atomic E-state index is -1.33. The molecule has 0 radical (unpaired) electrons. The molecule has 1 N–H and O–H groups in total. The zero-order chi connectivity index (χ0) is 10.7. The molecule has 0 aliphatic carbocycles. The molecule has 0 atom stereocenters. The van der Waals surface area contributed by atoms with Gasteiger partial charge in [-0.3, -0.25) is 10.1 Å². The predicted octanol–water partition coefficient (Wildman–Crippen LogP) is 1.38. The van der Waals surface area contributed by atoms with Crippen LogP contribution in [0.15, 0.2) is 18.2 Å². The van der Waals surface area contributed by atoms with Gasteiger partial charge in [-0.2, -0.15) is 0 Å². The number of benzene rings is 1. The number of carboxylic acids is 1. The van der Waals surface area contributed by atoms with Crippen molar-refractivity contribution < 1.29 is 14.8 Å². The van der Waals surface area contributed by atoms with Crippen molar-refractivity contribution in [3.8, 4) is 0 Å². The Morgan fingerprint density at radius 2 is 2.13 bits per heavy atom. The Kier molecular flexibility index (Phi) is 5.82. The van der Waals surface area contributed by atoms with Gasteiger partial charge in [0.15, 0.2) is 0 Å². The Labute approximate surface area is 112 Å². The van der Waals surface area contributed by atoms with E-state index in [4.69, 9.17) is 16.7 Å². The number of rotatable bonds is 3. The van der Waals surface area contributed by atoms with Gasteiger partial charge in [-0.1, -0.05) is 12.1 Å². The number of nitro groups is 1. The van der Waals surface area contributed by atoms with E-state index in [1.165, 1.54) is 18.2 Å². The van der Waals surface area contributed by atoms with Crippen LogP contribution in [0.1, 0.15) is 15.9 Å². The molecule has 0 heterocycles. The van der Waals surface area contributed by atoms with Crippen LogP contribution < -0.4 is 0 Å². The third kappa shape index (κ3) is 3.17. The summed E-state index contributed by atoms with van der Waals surface area (Å²) >= 11 is 5.46. The Morgan fingerprint density at radius 1 is 1.53 bits per heavy atom. The second-order valence-electron chi connectivity index (χ2n) is 2.51. The van der Waals surface area contributed by atoms with Crippen molar-refractivity contribution in [2.45, 2.75) is 5.88 Å². The normalized spacial score (nSPS) is 9.13. The van der Waals surface area contributed by atoms with Crippen LogP contribution in [0.2, 0.25) is 0 Å². The molecule has 7 heteroatoms. The summed E-state index contributed by atoms with van der Waals surface area (Å²) in [5.41, 5.74) is -0.570. The molecule has 0 bridgehead atoms. The van der Waals surface area contributed by atoms with Gasteiger partial charge < -0.3 is 5.11 Å². The Bertz CT molecular complexity index is 396. The van der Waals surface area contributed by atoms with E-state index in [1.807, 2.05) is 0 Å². The van der Waals surface area contributed by atoms with Gasteiger partial charge in [0, 0.05) is 5.56 Å². The summed E-state index contributed by atoms with van der Waals surface area (Å²) in [4.78, 5) is 20.5. The van der Waals surface area contributed by atoms with E-state index in [-0.39, 0.29) is 46.6 Å². The SMILES string of the molecule is O=C(O)c1cccc(CCl)c1[N+](=O)[O-].[NaH]. The molecule has 0 aliphatic rings. The molecule has 1 rings (SSSR count). The number of nitrogens with zero attached hydrogens (tertiary/aromatic N) is 1. The molecule has 76 valence electrons. The number of carbonyl (C=O) groups is 1. The maximum atomic E-state index is 10.6. The van der Waals surface area contributed by atoms with Gasteiger partial charge in [-0.05, 0) is 6.07 Å². The topological polar surface area (TPSA) is 80.4 Å². The number of hydrogen-bond donors (Lipinski definition) is 1. The van der Waals surface area contributed by atoms with Gasteiger partial charge in [0.05, 0.1) is 10.8 Å². The minimum absolute atomic E-state index is 0. The number of aromatic carboxylic acids is 1. The van der Waals surface area contributed by atoms with Gasteiger partial charge in [0.25, 0.3) is 5.69 Å². The first-order valence-corrected chi connectivity index (χ1v) is 4.17. The summed E-state index contributed by atoms with van der Waals surface area (Å²) in [7, 11) is 0. The monoisotopic (exact) mass is 239 g/mol. The van der Waals surface area contributed by atoms with Crippen molar-refractivity contribution >= 4 is 52.8 Å². The van der Waals surface area contributed by atoms with E-state index >= 15 is 0 Å². The molecule has 0 unspecified atom stereocenters. The number of hydrogen-bond acceptors (Lipinski definition) is 3. The van der Waals surface area contributed by atoms with Crippen LogP contribution in [-0.2, 0) is 5.88 Å². The zero-order valence-corrected chi connectivity index (χ0v) is 7.69. The fourth-order valence-electron chi connectivity index (χ4n) is 1.09. The van der Waals surface area contributed by atoms with E-state index in [0.717, 1.165) is 0 Å².